The number of likely N-dealkylation sites (tertiary alicyclic amines) is 1. The summed E-state index contributed by atoms with van der Waals surface area (Å²) in [5.74, 6) is 1.30. The first-order valence-electron chi connectivity index (χ1n) is 7.57. The van der Waals surface area contributed by atoms with Crippen molar-refractivity contribution in [3.8, 4) is 0 Å². The van der Waals surface area contributed by atoms with Gasteiger partial charge in [0.1, 0.15) is 0 Å². The fourth-order valence-corrected chi connectivity index (χ4v) is 4.14. The Morgan fingerprint density at radius 1 is 1.33 bits per heavy atom. The minimum atomic E-state index is 0.363. The molecule has 1 aliphatic heterocycles. The second kappa shape index (κ2) is 5.89. The van der Waals surface area contributed by atoms with Crippen molar-refractivity contribution < 1.29 is 5.11 Å². The molecule has 2 fully saturated rings. The lowest BCUT2D eigenvalue weighted by Crippen LogP contribution is -2.46. The minimum absolute atomic E-state index is 0.363. The number of hydrogen-bond donors (Lipinski definition) is 2. The highest BCUT2D eigenvalue weighted by molar-refractivity contribution is 4.96. The maximum absolute atomic E-state index is 9.31. The van der Waals surface area contributed by atoms with Crippen molar-refractivity contribution >= 4 is 0 Å². The van der Waals surface area contributed by atoms with Crippen molar-refractivity contribution in [1.82, 2.24) is 10.2 Å². The monoisotopic (exact) mass is 254 g/mol. The zero-order valence-corrected chi connectivity index (χ0v) is 12.3. The van der Waals surface area contributed by atoms with E-state index in [4.69, 9.17) is 0 Å². The number of nitrogens with one attached hydrogen (secondary N) is 1. The van der Waals surface area contributed by atoms with Gasteiger partial charge in [0.15, 0.2) is 0 Å². The third-order valence-electron chi connectivity index (χ3n) is 5.14. The zero-order valence-electron chi connectivity index (χ0n) is 12.3. The molecule has 2 N–H and O–H groups in total. The van der Waals surface area contributed by atoms with Crippen LogP contribution in [-0.4, -0.2) is 49.3 Å². The van der Waals surface area contributed by atoms with Gasteiger partial charge in [-0.15, -0.1) is 0 Å². The molecule has 0 bridgehead atoms. The molecule has 1 saturated carbocycles. The first kappa shape index (κ1) is 14.3. The molecule has 1 saturated heterocycles. The van der Waals surface area contributed by atoms with Crippen LogP contribution in [0.15, 0.2) is 0 Å². The third kappa shape index (κ3) is 3.06. The highest BCUT2D eigenvalue weighted by Crippen LogP contribution is 2.41. The van der Waals surface area contributed by atoms with E-state index in [2.05, 4.69) is 31.1 Å². The van der Waals surface area contributed by atoms with Crippen LogP contribution in [0, 0.1) is 17.3 Å². The van der Waals surface area contributed by atoms with E-state index in [1.165, 1.54) is 38.8 Å². The molecular formula is C15H30N2O. The minimum Gasteiger partial charge on any atom is -0.396 e. The van der Waals surface area contributed by atoms with Gasteiger partial charge in [0.25, 0.3) is 0 Å². The normalized spacial score (nSPS) is 37.0. The largest absolute Gasteiger partial charge is 0.396 e. The Morgan fingerprint density at radius 3 is 2.78 bits per heavy atom. The molecule has 0 radical (unpaired) electrons. The van der Waals surface area contributed by atoms with Gasteiger partial charge in [-0.25, -0.2) is 0 Å². The molecule has 0 spiro atoms. The lowest BCUT2D eigenvalue weighted by molar-refractivity contribution is 0.100. The summed E-state index contributed by atoms with van der Waals surface area (Å²) in [5, 5.41) is 12.9. The van der Waals surface area contributed by atoms with E-state index >= 15 is 0 Å². The number of nitrogens with zero attached hydrogens (tertiary/aromatic N) is 1. The Hall–Kier alpha value is -0.120. The second-order valence-electron chi connectivity index (χ2n) is 7.00. The van der Waals surface area contributed by atoms with E-state index in [9.17, 15) is 5.11 Å². The third-order valence-corrected chi connectivity index (χ3v) is 5.14. The molecule has 1 heterocycles. The summed E-state index contributed by atoms with van der Waals surface area (Å²) in [4.78, 5) is 2.58. The van der Waals surface area contributed by atoms with Crippen LogP contribution in [0.1, 0.15) is 39.5 Å². The molecule has 2 aliphatic rings. The molecule has 3 nitrogen and oxygen atoms in total. The molecule has 0 amide bonds. The molecule has 1 aliphatic carbocycles. The standard InChI is InChI=1S/C15H30N2O/c1-15(2)7-6-13(14(15)16-3)10-17-8-4-5-12(9-17)11-18/h12-14,16,18H,4-11H2,1-3H3. The van der Waals surface area contributed by atoms with Crippen LogP contribution in [0.5, 0.6) is 0 Å². The molecule has 0 aromatic heterocycles. The maximum Gasteiger partial charge on any atom is 0.0471 e. The lowest BCUT2D eigenvalue weighted by Gasteiger charge is -2.37. The predicted molar refractivity (Wildman–Crippen MR) is 75.6 cm³/mol. The van der Waals surface area contributed by atoms with Crippen LogP contribution in [0.2, 0.25) is 0 Å². The number of aliphatic hydroxyl groups excluding tert-OH is 1. The number of hydrogen-bond acceptors (Lipinski definition) is 3. The summed E-state index contributed by atoms with van der Waals surface area (Å²) >= 11 is 0. The van der Waals surface area contributed by atoms with E-state index in [0.29, 0.717) is 24.0 Å². The quantitative estimate of drug-likeness (QED) is 0.802. The summed E-state index contributed by atoms with van der Waals surface area (Å²) in [7, 11) is 2.11. The maximum atomic E-state index is 9.31. The second-order valence-corrected chi connectivity index (χ2v) is 7.00. The van der Waals surface area contributed by atoms with Crippen LogP contribution in [0.3, 0.4) is 0 Å². The van der Waals surface area contributed by atoms with Gasteiger partial charge in [0.2, 0.25) is 0 Å². The molecule has 3 heteroatoms. The molecule has 18 heavy (non-hydrogen) atoms. The van der Waals surface area contributed by atoms with Gasteiger partial charge in [-0.3, -0.25) is 0 Å². The summed E-state index contributed by atoms with van der Waals surface area (Å²) < 4.78 is 0. The molecule has 0 aromatic rings. The summed E-state index contributed by atoms with van der Waals surface area (Å²) in [6, 6.07) is 0.645. The Kier molecular flexibility index (Phi) is 4.68. The average molecular weight is 254 g/mol. The van der Waals surface area contributed by atoms with Crippen molar-refractivity contribution in [2.24, 2.45) is 17.3 Å². The zero-order chi connectivity index (χ0) is 13.2. The highest BCUT2D eigenvalue weighted by Gasteiger charge is 2.41. The first-order chi connectivity index (χ1) is 8.56. The lowest BCUT2D eigenvalue weighted by atomic mass is 9.84. The van der Waals surface area contributed by atoms with Gasteiger partial charge in [0.05, 0.1) is 0 Å². The van der Waals surface area contributed by atoms with Crippen LogP contribution in [0.25, 0.3) is 0 Å². The summed E-state index contributed by atoms with van der Waals surface area (Å²) in [6.07, 6.45) is 5.14. The Balaban J connectivity index is 1.89. The number of piperidine rings is 1. The topological polar surface area (TPSA) is 35.5 Å². The van der Waals surface area contributed by atoms with Crippen molar-refractivity contribution in [3.63, 3.8) is 0 Å². The molecule has 3 unspecified atom stereocenters. The van der Waals surface area contributed by atoms with Crippen molar-refractivity contribution in [3.05, 3.63) is 0 Å². The van der Waals surface area contributed by atoms with Crippen molar-refractivity contribution in [2.45, 2.75) is 45.6 Å². The van der Waals surface area contributed by atoms with Crippen LogP contribution < -0.4 is 5.32 Å². The van der Waals surface area contributed by atoms with E-state index in [0.717, 1.165) is 12.5 Å². The predicted octanol–water partition coefficient (Wildman–Crippen LogP) is 1.71. The molecule has 2 rings (SSSR count). The highest BCUT2D eigenvalue weighted by atomic mass is 16.3. The van der Waals surface area contributed by atoms with Gasteiger partial charge >= 0.3 is 0 Å². The van der Waals surface area contributed by atoms with Gasteiger partial charge in [-0.05, 0) is 56.5 Å². The Labute approximate surface area is 112 Å². The van der Waals surface area contributed by atoms with Gasteiger partial charge in [0, 0.05) is 25.7 Å². The van der Waals surface area contributed by atoms with Gasteiger partial charge in [-0.1, -0.05) is 13.8 Å². The molecule has 0 aromatic carbocycles. The van der Waals surface area contributed by atoms with Gasteiger partial charge < -0.3 is 15.3 Å². The Morgan fingerprint density at radius 2 is 2.11 bits per heavy atom. The SMILES string of the molecule is CNC1C(CN2CCCC(CO)C2)CCC1(C)C. The molecule has 106 valence electrons. The van der Waals surface area contributed by atoms with Crippen LogP contribution in [-0.2, 0) is 0 Å². The van der Waals surface area contributed by atoms with E-state index in [1.54, 1.807) is 0 Å². The smallest absolute Gasteiger partial charge is 0.0471 e. The van der Waals surface area contributed by atoms with Crippen molar-refractivity contribution in [1.29, 1.82) is 0 Å². The number of aliphatic hydroxyl groups is 1. The summed E-state index contributed by atoms with van der Waals surface area (Å²) in [5.41, 5.74) is 0.436. The first-order valence-corrected chi connectivity index (χ1v) is 7.57. The van der Waals surface area contributed by atoms with E-state index in [1.807, 2.05) is 0 Å². The molecule has 3 atom stereocenters. The Bertz CT molecular complexity index is 267. The fourth-order valence-electron chi connectivity index (χ4n) is 4.14. The van der Waals surface area contributed by atoms with Crippen LogP contribution >= 0.6 is 0 Å². The van der Waals surface area contributed by atoms with Gasteiger partial charge in [-0.2, -0.15) is 0 Å². The van der Waals surface area contributed by atoms with Crippen LogP contribution in [0.4, 0.5) is 0 Å². The van der Waals surface area contributed by atoms with Crippen molar-refractivity contribution in [2.75, 3.05) is 33.3 Å². The van der Waals surface area contributed by atoms with E-state index < -0.39 is 0 Å². The van der Waals surface area contributed by atoms with E-state index in [-0.39, 0.29) is 0 Å². The fraction of sp³-hybridized carbons (Fsp3) is 1.00. The number of rotatable bonds is 4. The average Bonchev–Trinajstić information content (AvgIpc) is 2.64. The molecular weight excluding hydrogens is 224 g/mol. The summed E-state index contributed by atoms with van der Waals surface area (Å²) in [6.45, 7) is 8.68.